The minimum absolute atomic E-state index is 0.234. The van der Waals surface area contributed by atoms with Gasteiger partial charge in [-0.2, -0.15) is 0 Å². The molecule has 1 fully saturated rings. The number of amides is 3. The van der Waals surface area contributed by atoms with E-state index in [4.69, 9.17) is 0 Å². The standard InChI is InChI=1S/C16H16N2O3S/c1-3-4-9-18-15(20)13(22-16(18)21)12-10-7-5-6-8-11(10)17(2)14(12)19/h5-8H,3-4,9H2,1-2H3. The lowest BCUT2D eigenvalue weighted by Crippen LogP contribution is -2.29. The number of thioether (sulfide) groups is 1. The summed E-state index contributed by atoms with van der Waals surface area (Å²) in [5.74, 6) is -0.584. The number of hydrogen-bond acceptors (Lipinski definition) is 4. The molecule has 1 aromatic carbocycles. The fraction of sp³-hybridized carbons (Fsp3) is 0.312. The fourth-order valence-electron chi connectivity index (χ4n) is 2.65. The van der Waals surface area contributed by atoms with Gasteiger partial charge in [-0.1, -0.05) is 31.5 Å². The molecule has 2 aliphatic heterocycles. The number of carbonyl (C=O) groups excluding carboxylic acids is 3. The lowest BCUT2D eigenvalue weighted by Gasteiger charge is -2.11. The maximum atomic E-state index is 12.5. The summed E-state index contributed by atoms with van der Waals surface area (Å²) in [6.07, 6.45) is 1.67. The van der Waals surface area contributed by atoms with Gasteiger partial charge in [0.1, 0.15) is 0 Å². The molecular formula is C16H16N2O3S. The van der Waals surface area contributed by atoms with Crippen LogP contribution in [0.5, 0.6) is 0 Å². The molecule has 2 heterocycles. The van der Waals surface area contributed by atoms with E-state index < -0.39 is 0 Å². The third-order valence-electron chi connectivity index (χ3n) is 3.86. The minimum atomic E-state index is -0.350. The van der Waals surface area contributed by atoms with Crippen LogP contribution < -0.4 is 4.90 Å². The number of anilines is 1. The predicted molar refractivity (Wildman–Crippen MR) is 86.4 cm³/mol. The van der Waals surface area contributed by atoms with Gasteiger partial charge in [-0.15, -0.1) is 0 Å². The normalized spacial score (nSPS) is 21.1. The highest BCUT2D eigenvalue weighted by atomic mass is 32.2. The zero-order valence-corrected chi connectivity index (χ0v) is 13.3. The molecule has 1 aromatic rings. The quantitative estimate of drug-likeness (QED) is 0.805. The summed E-state index contributed by atoms with van der Waals surface area (Å²) >= 11 is 0.868. The minimum Gasteiger partial charge on any atom is -0.311 e. The van der Waals surface area contributed by atoms with Crippen molar-refractivity contribution in [1.82, 2.24) is 4.90 Å². The first kappa shape index (κ1) is 14.8. The van der Waals surface area contributed by atoms with E-state index in [0.29, 0.717) is 12.1 Å². The Kier molecular flexibility index (Phi) is 3.78. The molecule has 0 N–H and O–H groups in total. The van der Waals surface area contributed by atoms with Crippen molar-refractivity contribution in [1.29, 1.82) is 0 Å². The molecule has 0 atom stereocenters. The van der Waals surface area contributed by atoms with Crippen molar-refractivity contribution in [3.05, 3.63) is 34.7 Å². The molecular weight excluding hydrogens is 300 g/mol. The van der Waals surface area contributed by atoms with Crippen LogP contribution >= 0.6 is 11.8 Å². The molecule has 0 unspecified atom stereocenters. The van der Waals surface area contributed by atoms with Crippen molar-refractivity contribution in [3.63, 3.8) is 0 Å². The van der Waals surface area contributed by atoms with Crippen molar-refractivity contribution < 1.29 is 14.4 Å². The van der Waals surface area contributed by atoms with Crippen LogP contribution in [0.15, 0.2) is 29.2 Å². The van der Waals surface area contributed by atoms with Crippen molar-refractivity contribution in [2.24, 2.45) is 0 Å². The Morgan fingerprint density at radius 1 is 1.09 bits per heavy atom. The molecule has 5 nitrogen and oxygen atoms in total. The first-order chi connectivity index (χ1) is 10.6. The van der Waals surface area contributed by atoms with Crippen LogP contribution in [0.3, 0.4) is 0 Å². The summed E-state index contributed by atoms with van der Waals surface area (Å²) in [5.41, 5.74) is 1.83. The Labute approximate surface area is 133 Å². The Morgan fingerprint density at radius 3 is 2.55 bits per heavy atom. The van der Waals surface area contributed by atoms with E-state index in [9.17, 15) is 14.4 Å². The summed E-state index contributed by atoms with van der Waals surface area (Å²) in [5, 5.41) is -0.291. The number of fused-ring (bicyclic) bond motifs is 1. The Balaban J connectivity index is 2.06. The van der Waals surface area contributed by atoms with E-state index in [1.54, 1.807) is 7.05 Å². The second-order valence-corrected chi connectivity index (χ2v) is 6.23. The van der Waals surface area contributed by atoms with E-state index >= 15 is 0 Å². The van der Waals surface area contributed by atoms with Crippen LogP contribution in [0.25, 0.3) is 5.57 Å². The number of rotatable bonds is 3. The predicted octanol–water partition coefficient (Wildman–Crippen LogP) is 2.87. The van der Waals surface area contributed by atoms with Gasteiger partial charge in [-0.25, -0.2) is 0 Å². The van der Waals surface area contributed by atoms with Crippen molar-refractivity contribution >= 4 is 40.1 Å². The average molecular weight is 316 g/mol. The molecule has 0 aromatic heterocycles. The highest BCUT2D eigenvalue weighted by Gasteiger charge is 2.42. The van der Waals surface area contributed by atoms with Gasteiger partial charge in [0.15, 0.2) is 0 Å². The summed E-state index contributed by atoms with van der Waals surface area (Å²) in [6, 6.07) is 7.32. The van der Waals surface area contributed by atoms with Crippen molar-refractivity contribution in [2.75, 3.05) is 18.5 Å². The first-order valence-corrected chi connectivity index (χ1v) is 8.03. The molecule has 0 aliphatic carbocycles. The van der Waals surface area contributed by atoms with Gasteiger partial charge in [-0.05, 0) is 24.2 Å². The monoisotopic (exact) mass is 316 g/mol. The third kappa shape index (κ3) is 2.14. The topological polar surface area (TPSA) is 57.7 Å². The highest BCUT2D eigenvalue weighted by Crippen LogP contribution is 2.43. The van der Waals surface area contributed by atoms with Crippen LogP contribution in [0, 0.1) is 0 Å². The second kappa shape index (κ2) is 5.61. The molecule has 22 heavy (non-hydrogen) atoms. The van der Waals surface area contributed by atoms with Crippen molar-refractivity contribution in [3.8, 4) is 0 Å². The zero-order chi connectivity index (χ0) is 15.9. The Morgan fingerprint density at radius 2 is 1.82 bits per heavy atom. The maximum Gasteiger partial charge on any atom is 0.293 e. The molecule has 0 radical (unpaired) electrons. The Hall–Kier alpha value is -2.08. The van der Waals surface area contributed by atoms with Crippen LogP contribution in [-0.4, -0.2) is 35.5 Å². The summed E-state index contributed by atoms with van der Waals surface area (Å²) < 4.78 is 0. The van der Waals surface area contributed by atoms with Crippen LogP contribution in [0.4, 0.5) is 10.5 Å². The summed E-state index contributed by atoms with van der Waals surface area (Å²) in [6.45, 7) is 2.41. The number of imide groups is 1. The van der Waals surface area contributed by atoms with Crippen LogP contribution in [0.2, 0.25) is 0 Å². The van der Waals surface area contributed by atoms with Gasteiger partial charge >= 0.3 is 0 Å². The van der Waals surface area contributed by atoms with Gasteiger partial charge in [-0.3, -0.25) is 19.3 Å². The first-order valence-electron chi connectivity index (χ1n) is 7.21. The third-order valence-corrected chi connectivity index (χ3v) is 4.84. The molecule has 0 spiro atoms. The van der Waals surface area contributed by atoms with E-state index in [-0.39, 0.29) is 22.0 Å². The lowest BCUT2D eigenvalue weighted by atomic mass is 10.1. The van der Waals surface area contributed by atoms with Crippen LogP contribution in [0.1, 0.15) is 25.3 Å². The number of para-hydroxylation sites is 1. The highest BCUT2D eigenvalue weighted by molar-refractivity contribution is 8.18. The summed E-state index contributed by atoms with van der Waals surface area (Å²) in [4.78, 5) is 40.1. The molecule has 6 heteroatoms. The number of nitrogens with zero attached hydrogens (tertiary/aromatic N) is 2. The smallest absolute Gasteiger partial charge is 0.293 e. The number of unbranched alkanes of at least 4 members (excludes halogenated alkanes) is 1. The van der Waals surface area contributed by atoms with E-state index in [1.807, 2.05) is 31.2 Å². The number of likely N-dealkylation sites (N-methyl/N-ethyl adjacent to an activating group) is 1. The number of benzene rings is 1. The molecule has 114 valence electrons. The van der Waals surface area contributed by atoms with Gasteiger partial charge < -0.3 is 4.90 Å². The molecule has 0 bridgehead atoms. The van der Waals surface area contributed by atoms with Crippen molar-refractivity contribution in [2.45, 2.75) is 19.8 Å². The number of carbonyl (C=O) groups is 3. The zero-order valence-electron chi connectivity index (χ0n) is 12.5. The average Bonchev–Trinajstić information content (AvgIpc) is 2.93. The largest absolute Gasteiger partial charge is 0.311 e. The van der Waals surface area contributed by atoms with E-state index in [0.717, 1.165) is 35.9 Å². The van der Waals surface area contributed by atoms with Gasteiger partial charge in [0.05, 0.1) is 16.2 Å². The molecule has 1 saturated heterocycles. The molecule has 3 amide bonds. The van der Waals surface area contributed by atoms with Gasteiger partial charge in [0, 0.05) is 19.2 Å². The second-order valence-electron chi connectivity index (χ2n) is 5.26. The number of hydrogen-bond donors (Lipinski definition) is 0. The van der Waals surface area contributed by atoms with E-state index in [2.05, 4.69) is 0 Å². The SMILES string of the molecule is CCCCN1C(=O)SC(=C2C(=O)N(C)c3ccccc32)C1=O. The van der Waals surface area contributed by atoms with Gasteiger partial charge in [0.2, 0.25) is 0 Å². The Bertz CT molecular complexity index is 711. The van der Waals surface area contributed by atoms with E-state index in [1.165, 1.54) is 9.80 Å². The molecule has 0 saturated carbocycles. The summed E-state index contributed by atoms with van der Waals surface area (Å²) in [7, 11) is 1.68. The fourth-order valence-corrected chi connectivity index (χ4v) is 3.60. The molecule has 2 aliphatic rings. The maximum absolute atomic E-state index is 12.5. The lowest BCUT2D eigenvalue weighted by molar-refractivity contribution is -0.123. The van der Waals surface area contributed by atoms with Gasteiger partial charge in [0.25, 0.3) is 17.1 Å². The van der Waals surface area contributed by atoms with Crippen LogP contribution in [-0.2, 0) is 9.59 Å². The molecule has 3 rings (SSSR count).